The van der Waals surface area contributed by atoms with E-state index in [-0.39, 0.29) is 0 Å². The van der Waals surface area contributed by atoms with Gasteiger partial charge in [-0.05, 0) is 29.9 Å². The first-order valence-corrected chi connectivity index (χ1v) is 6.00. The molecule has 0 heterocycles. The van der Waals surface area contributed by atoms with Crippen LogP contribution in [0.4, 0.5) is 0 Å². The van der Waals surface area contributed by atoms with Gasteiger partial charge in [0.25, 0.3) is 0 Å². The fraction of sp³-hybridized carbons (Fsp3) is 0.400. The van der Waals surface area contributed by atoms with E-state index in [0.29, 0.717) is 5.92 Å². The van der Waals surface area contributed by atoms with Crippen LogP contribution in [0.5, 0.6) is 0 Å². The summed E-state index contributed by atoms with van der Waals surface area (Å²) in [5.41, 5.74) is 1.44. The highest BCUT2D eigenvalue weighted by Gasteiger charge is 2.05. The maximum Gasteiger partial charge on any atom is 0.0186 e. The topological polar surface area (TPSA) is 0 Å². The Morgan fingerprint density at radius 2 is 2.00 bits per heavy atom. The second-order valence-corrected chi connectivity index (χ2v) is 4.80. The van der Waals surface area contributed by atoms with Crippen molar-refractivity contribution in [2.24, 2.45) is 0 Å². The summed E-state index contributed by atoms with van der Waals surface area (Å²) in [6.07, 6.45) is 2.12. The van der Waals surface area contributed by atoms with E-state index in [2.05, 4.69) is 54.2 Å². The molecule has 0 N–H and O–H groups in total. The van der Waals surface area contributed by atoms with E-state index in [0.717, 1.165) is 4.47 Å². The Morgan fingerprint density at radius 1 is 1.33 bits per heavy atom. The van der Waals surface area contributed by atoms with Crippen LogP contribution in [0.3, 0.4) is 0 Å². The molecule has 2 heteroatoms. The van der Waals surface area contributed by atoms with Gasteiger partial charge in [-0.3, -0.25) is 0 Å². The molecule has 0 saturated heterocycles. The molecule has 0 atom stereocenters. The highest BCUT2D eigenvalue weighted by molar-refractivity contribution is 9.10. The summed E-state index contributed by atoms with van der Waals surface area (Å²) in [4.78, 5) is 1.37. The summed E-state index contributed by atoms with van der Waals surface area (Å²) in [5.74, 6) is 0.612. The summed E-state index contributed by atoms with van der Waals surface area (Å²) in [6, 6.07) is 6.48. The third kappa shape index (κ3) is 2.27. The van der Waals surface area contributed by atoms with E-state index >= 15 is 0 Å². The van der Waals surface area contributed by atoms with E-state index in [1.807, 2.05) is 11.8 Å². The van der Waals surface area contributed by atoms with Crippen molar-refractivity contribution in [2.75, 3.05) is 6.26 Å². The zero-order valence-electron chi connectivity index (χ0n) is 7.60. The molecule has 0 aliphatic rings. The molecule has 66 valence electrons. The summed E-state index contributed by atoms with van der Waals surface area (Å²) >= 11 is 5.28. The second kappa shape index (κ2) is 4.33. The van der Waals surface area contributed by atoms with Crippen molar-refractivity contribution in [3.8, 4) is 0 Å². The Bertz CT molecular complexity index is 269. The molecule has 0 nitrogen and oxygen atoms in total. The first-order chi connectivity index (χ1) is 5.65. The minimum absolute atomic E-state index is 0.612. The Labute approximate surface area is 86.9 Å². The molecule has 0 fully saturated rings. The Balaban J connectivity index is 3.11. The van der Waals surface area contributed by atoms with Crippen LogP contribution in [0.15, 0.2) is 27.6 Å². The molecular weight excluding hydrogens is 232 g/mol. The zero-order valence-corrected chi connectivity index (χ0v) is 10.00. The lowest BCUT2D eigenvalue weighted by Gasteiger charge is -2.10. The van der Waals surface area contributed by atoms with Gasteiger partial charge in [0, 0.05) is 9.37 Å². The van der Waals surface area contributed by atoms with E-state index in [1.165, 1.54) is 10.5 Å². The number of thioether (sulfide) groups is 1. The molecule has 0 saturated carbocycles. The number of benzene rings is 1. The van der Waals surface area contributed by atoms with Gasteiger partial charge in [0.1, 0.15) is 0 Å². The van der Waals surface area contributed by atoms with Crippen molar-refractivity contribution in [3.05, 3.63) is 28.2 Å². The summed E-state index contributed by atoms with van der Waals surface area (Å²) in [5, 5.41) is 0. The molecule has 0 aliphatic heterocycles. The van der Waals surface area contributed by atoms with Crippen LogP contribution in [-0.4, -0.2) is 6.26 Å². The third-order valence-corrected chi connectivity index (χ3v) is 3.10. The lowest BCUT2D eigenvalue weighted by molar-refractivity contribution is 0.842. The third-order valence-electron chi connectivity index (χ3n) is 1.82. The van der Waals surface area contributed by atoms with Gasteiger partial charge in [0.05, 0.1) is 0 Å². The summed E-state index contributed by atoms with van der Waals surface area (Å²) < 4.78 is 1.16. The Hall–Kier alpha value is 0.0500. The number of hydrogen-bond acceptors (Lipinski definition) is 1. The molecule has 1 aromatic carbocycles. The molecule has 0 unspecified atom stereocenters. The van der Waals surface area contributed by atoms with Crippen LogP contribution in [0, 0.1) is 0 Å². The van der Waals surface area contributed by atoms with Gasteiger partial charge in [-0.15, -0.1) is 11.8 Å². The van der Waals surface area contributed by atoms with Gasteiger partial charge in [0.2, 0.25) is 0 Å². The van der Waals surface area contributed by atoms with Crippen LogP contribution in [0.25, 0.3) is 0 Å². The zero-order chi connectivity index (χ0) is 9.14. The van der Waals surface area contributed by atoms with Crippen LogP contribution in [0.2, 0.25) is 0 Å². The van der Waals surface area contributed by atoms with E-state index in [9.17, 15) is 0 Å². The van der Waals surface area contributed by atoms with Gasteiger partial charge in [-0.25, -0.2) is 0 Å². The molecule has 0 aromatic heterocycles. The van der Waals surface area contributed by atoms with E-state index in [4.69, 9.17) is 0 Å². The molecule has 1 aromatic rings. The van der Waals surface area contributed by atoms with E-state index in [1.54, 1.807) is 0 Å². The molecule has 1 rings (SSSR count). The second-order valence-electron chi connectivity index (χ2n) is 3.04. The highest BCUT2D eigenvalue weighted by atomic mass is 79.9. The van der Waals surface area contributed by atoms with Crippen molar-refractivity contribution in [1.29, 1.82) is 0 Å². The Morgan fingerprint density at radius 3 is 2.50 bits per heavy atom. The quantitative estimate of drug-likeness (QED) is 0.700. The van der Waals surface area contributed by atoms with Crippen molar-refractivity contribution in [1.82, 2.24) is 0 Å². The van der Waals surface area contributed by atoms with Gasteiger partial charge < -0.3 is 0 Å². The van der Waals surface area contributed by atoms with Crippen molar-refractivity contribution in [2.45, 2.75) is 24.7 Å². The SMILES string of the molecule is CSc1cc(Br)ccc1C(C)C. The van der Waals surface area contributed by atoms with Crippen molar-refractivity contribution >= 4 is 27.7 Å². The van der Waals surface area contributed by atoms with Crippen molar-refractivity contribution in [3.63, 3.8) is 0 Å². The predicted molar refractivity (Wildman–Crippen MR) is 60.0 cm³/mol. The normalized spacial score (nSPS) is 10.8. The number of hydrogen-bond donors (Lipinski definition) is 0. The molecule has 0 amide bonds. The molecule has 0 radical (unpaired) electrons. The fourth-order valence-electron chi connectivity index (χ4n) is 1.16. The van der Waals surface area contributed by atoms with Crippen LogP contribution < -0.4 is 0 Å². The lowest BCUT2D eigenvalue weighted by atomic mass is 10.0. The monoisotopic (exact) mass is 244 g/mol. The van der Waals surface area contributed by atoms with Gasteiger partial charge in [-0.2, -0.15) is 0 Å². The molecule has 0 spiro atoms. The summed E-state index contributed by atoms with van der Waals surface area (Å²) in [7, 11) is 0. The van der Waals surface area contributed by atoms with Gasteiger partial charge in [-0.1, -0.05) is 35.8 Å². The summed E-state index contributed by atoms with van der Waals surface area (Å²) in [6.45, 7) is 4.45. The van der Waals surface area contributed by atoms with Crippen LogP contribution in [-0.2, 0) is 0 Å². The average Bonchev–Trinajstić information content (AvgIpc) is 2.03. The standard InChI is InChI=1S/C10H13BrS/c1-7(2)9-5-4-8(11)6-10(9)12-3/h4-7H,1-3H3. The predicted octanol–water partition coefficient (Wildman–Crippen LogP) is 4.29. The minimum Gasteiger partial charge on any atom is -0.129 e. The molecular formula is C10H13BrS. The first kappa shape index (κ1) is 10.1. The molecule has 0 aliphatic carbocycles. The lowest BCUT2D eigenvalue weighted by Crippen LogP contribution is -1.89. The minimum atomic E-state index is 0.612. The molecule has 12 heavy (non-hydrogen) atoms. The Kier molecular flexibility index (Phi) is 3.66. The van der Waals surface area contributed by atoms with Crippen molar-refractivity contribution < 1.29 is 0 Å². The largest absolute Gasteiger partial charge is 0.129 e. The highest BCUT2D eigenvalue weighted by Crippen LogP contribution is 2.29. The smallest absolute Gasteiger partial charge is 0.0186 e. The maximum absolute atomic E-state index is 3.47. The first-order valence-electron chi connectivity index (χ1n) is 3.98. The van der Waals surface area contributed by atoms with Crippen LogP contribution in [0.1, 0.15) is 25.3 Å². The van der Waals surface area contributed by atoms with E-state index < -0.39 is 0 Å². The van der Waals surface area contributed by atoms with Gasteiger partial charge >= 0.3 is 0 Å². The number of halogens is 1. The van der Waals surface area contributed by atoms with Gasteiger partial charge in [0.15, 0.2) is 0 Å². The molecule has 0 bridgehead atoms. The number of rotatable bonds is 2. The fourth-order valence-corrected chi connectivity index (χ4v) is 2.46. The average molecular weight is 245 g/mol. The maximum atomic E-state index is 3.47. The van der Waals surface area contributed by atoms with Crippen LogP contribution >= 0.6 is 27.7 Å².